The van der Waals surface area contributed by atoms with Crippen molar-refractivity contribution in [3.63, 3.8) is 0 Å². The van der Waals surface area contributed by atoms with E-state index in [1.807, 2.05) is 0 Å². The van der Waals surface area contributed by atoms with Gasteiger partial charge in [0.25, 0.3) is 0 Å². The van der Waals surface area contributed by atoms with E-state index in [-0.39, 0.29) is 12.5 Å². The molecule has 0 spiro atoms. The molecule has 2 unspecified atom stereocenters. The first-order chi connectivity index (χ1) is 33.7. The molecule has 0 heterocycles. The van der Waals surface area contributed by atoms with E-state index in [2.05, 4.69) is 55.6 Å². The zero-order chi connectivity index (χ0) is 49.2. The Morgan fingerprint density at radius 1 is 0.353 bits per heavy atom. The fourth-order valence-corrected chi connectivity index (χ4v) is 9.90. The summed E-state index contributed by atoms with van der Waals surface area (Å²) in [5.74, 6) is -0.0284. The smallest absolute Gasteiger partial charge is 0.220 e. The van der Waals surface area contributed by atoms with Crippen LogP contribution in [0.1, 0.15) is 348 Å². The van der Waals surface area contributed by atoms with E-state index >= 15 is 0 Å². The van der Waals surface area contributed by atoms with E-state index in [4.69, 9.17) is 0 Å². The average Bonchev–Trinajstić information content (AvgIpc) is 3.34. The van der Waals surface area contributed by atoms with Crippen molar-refractivity contribution in [1.82, 2.24) is 5.32 Å². The third kappa shape index (κ3) is 55.5. The van der Waals surface area contributed by atoms with E-state index in [0.717, 1.165) is 38.5 Å². The molecular weight excluding hydrogens is 831 g/mol. The first kappa shape index (κ1) is 66.6. The van der Waals surface area contributed by atoms with Crippen molar-refractivity contribution in [2.75, 3.05) is 6.61 Å². The highest BCUT2D eigenvalue weighted by molar-refractivity contribution is 5.76. The van der Waals surface area contributed by atoms with Gasteiger partial charge in [0.1, 0.15) is 0 Å². The Labute approximate surface area is 427 Å². The molecule has 0 rings (SSSR count). The quantitative estimate of drug-likeness (QED) is 0.0420. The van der Waals surface area contributed by atoms with Crippen LogP contribution in [0, 0.1) is 0 Å². The molecule has 0 aromatic rings. The van der Waals surface area contributed by atoms with Crippen molar-refractivity contribution < 1.29 is 15.0 Å². The number of allylic oxidation sites excluding steroid dienone is 6. The first-order valence-corrected chi connectivity index (χ1v) is 31.2. The van der Waals surface area contributed by atoms with Gasteiger partial charge in [0.15, 0.2) is 0 Å². The molecule has 4 nitrogen and oxygen atoms in total. The molecule has 68 heavy (non-hydrogen) atoms. The van der Waals surface area contributed by atoms with Gasteiger partial charge in [0.05, 0.1) is 18.8 Å². The molecule has 0 saturated heterocycles. The molecule has 0 fully saturated rings. The summed E-state index contributed by atoms with van der Waals surface area (Å²) in [6, 6.07) is -0.539. The highest BCUT2D eigenvalue weighted by atomic mass is 16.3. The molecule has 0 saturated carbocycles. The number of hydrogen-bond donors (Lipinski definition) is 3. The van der Waals surface area contributed by atoms with Crippen LogP contribution in [0.5, 0.6) is 0 Å². The Balaban J connectivity index is 3.43. The number of nitrogens with one attached hydrogen (secondary N) is 1. The van der Waals surface area contributed by atoms with Crippen molar-refractivity contribution in [2.24, 2.45) is 0 Å². The molecule has 0 bridgehead atoms. The summed E-state index contributed by atoms with van der Waals surface area (Å²) in [5, 5.41) is 23.4. The zero-order valence-electron chi connectivity index (χ0n) is 46.4. The van der Waals surface area contributed by atoms with Gasteiger partial charge < -0.3 is 15.5 Å². The number of amides is 1. The van der Waals surface area contributed by atoms with Crippen LogP contribution >= 0.6 is 0 Å². The minimum absolute atomic E-state index is 0.0284. The van der Waals surface area contributed by atoms with E-state index in [9.17, 15) is 15.0 Å². The second-order valence-corrected chi connectivity index (χ2v) is 21.5. The Hall–Kier alpha value is -1.39. The van der Waals surface area contributed by atoms with Crippen molar-refractivity contribution in [3.05, 3.63) is 36.5 Å². The van der Waals surface area contributed by atoms with Gasteiger partial charge in [-0.3, -0.25) is 4.79 Å². The van der Waals surface area contributed by atoms with E-state index in [1.165, 1.54) is 283 Å². The van der Waals surface area contributed by atoms with Crippen LogP contribution in [0.3, 0.4) is 0 Å². The Morgan fingerprint density at radius 2 is 0.603 bits per heavy atom. The molecule has 0 aliphatic rings. The van der Waals surface area contributed by atoms with Crippen LogP contribution in [-0.2, 0) is 4.79 Å². The van der Waals surface area contributed by atoms with Crippen LogP contribution in [0.15, 0.2) is 36.5 Å². The van der Waals surface area contributed by atoms with Gasteiger partial charge in [-0.05, 0) is 51.4 Å². The average molecular weight is 955 g/mol. The van der Waals surface area contributed by atoms with Gasteiger partial charge in [-0.2, -0.15) is 0 Å². The predicted molar refractivity (Wildman–Crippen MR) is 304 cm³/mol. The molecule has 0 aliphatic carbocycles. The topological polar surface area (TPSA) is 69.6 Å². The molecule has 4 heteroatoms. The van der Waals surface area contributed by atoms with Crippen molar-refractivity contribution in [2.45, 2.75) is 360 Å². The van der Waals surface area contributed by atoms with Crippen molar-refractivity contribution >= 4 is 5.91 Å². The molecule has 0 aliphatic heterocycles. The maximum atomic E-state index is 12.5. The molecule has 2 atom stereocenters. The van der Waals surface area contributed by atoms with Gasteiger partial charge in [0.2, 0.25) is 5.91 Å². The maximum absolute atomic E-state index is 12.5. The van der Waals surface area contributed by atoms with Crippen LogP contribution in [0.4, 0.5) is 0 Å². The van der Waals surface area contributed by atoms with E-state index in [1.54, 1.807) is 0 Å². The molecular formula is C64H123NO3. The third-order valence-electron chi connectivity index (χ3n) is 14.7. The number of aliphatic hydroxyl groups is 2. The fraction of sp³-hybridized carbons (Fsp3) is 0.891. The fourth-order valence-electron chi connectivity index (χ4n) is 9.90. The number of carbonyl (C=O) groups is 1. The van der Waals surface area contributed by atoms with Gasteiger partial charge in [-0.15, -0.1) is 0 Å². The largest absolute Gasteiger partial charge is 0.394 e. The summed E-state index contributed by atoms with van der Waals surface area (Å²) in [5.41, 5.74) is 0. The van der Waals surface area contributed by atoms with Crippen LogP contribution in [0.25, 0.3) is 0 Å². The molecule has 3 N–H and O–H groups in total. The lowest BCUT2D eigenvalue weighted by molar-refractivity contribution is -0.123. The number of aliphatic hydroxyl groups excluding tert-OH is 2. The number of hydrogen-bond acceptors (Lipinski definition) is 3. The summed E-state index contributed by atoms with van der Waals surface area (Å²) in [4.78, 5) is 12.5. The standard InChI is InChI=1S/C64H123NO3/c1-3-5-7-9-11-13-15-17-19-21-23-25-27-29-31-32-34-35-37-39-41-43-45-47-49-51-53-55-57-59-63(67)62(61-66)65-64(68)60-58-56-54-52-50-48-46-44-42-40-38-36-33-30-28-26-24-22-20-18-16-14-12-10-8-6-4-2/h16,18,22,24,28,30,62-63,66-67H,3-15,17,19-21,23,25-27,29,31-61H2,1-2H3,(H,65,68)/b18-16-,24-22-,30-28-. The van der Waals surface area contributed by atoms with Crippen molar-refractivity contribution in [3.8, 4) is 0 Å². The van der Waals surface area contributed by atoms with Crippen LogP contribution < -0.4 is 5.32 Å². The van der Waals surface area contributed by atoms with Gasteiger partial charge >= 0.3 is 0 Å². The highest BCUT2D eigenvalue weighted by Gasteiger charge is 2.20. The minimum atomic E-state index is -0.662. The molecule has 0 aromatic carbocycles. The molecule has 402 valence electrons. The maximum Gasteiger partial charge on any atom is 0.220 e. The number of rotatable bonds is 58. The monoisotopic (exact) mass is 954 g/mol. The number of unbranched alkanes of at least 4 members (excludes halogenated alkanes) is 45. The van der Waals surface area contributed by atoms with Crippen LogP contribution in [0.2, 0.25) is 0 Å². The highest BCUT2D eigenvalue weighted by Crippen LogP contribution is 2.18. The van der Waals surface area contributed by atoms with Crippen molar-refractivity contribution in [1.29, 1.82) is 0 Å². The predicted octanol–water partition coefficient (Wildman–Crippen LogP) is 20.8. The second kappa shape index (κ2) is 59.9. The van der Waals surface area contributed by atoms with Gasteiger partial charge in [-0.25, -0.2) is 0 Å². The van der Waals surface area contributed by atoms with Crippen LogP contribution in [-0.4, -0.2) is 34.9 Å². The van der Waals surface area contributed by atoms with E-state index < -0.39 is 12.1 Å². The van der Waals surface area contributed by atoms with Gasteiger partial charge in [0, 0.05) is 6.42 Å². The molecule has 0 aromatic heterocycles. The number of carbonyl (C=O) groups excluding carboxylic acids is 1. The Kier molecular flexibility index (Phi) is 58.7. The first-order valence-electron chi connectivity index (χ1n) is 31.2. The zero-order valence-corrected chi connectivity index (χ0v) is 46.4. The SMILES string of the molecule is CCCCCCC/C=C\C/C=C\C/C=C\CCCCCCCCCCCCCCC(=O)NC(CO)C(O)CCCCCCCCCCCCCCCCCCCCCCCCCCCCCCC. The Morgan fingerprint density at radius 3 is 0.897 bits per heavy atom. The minimum Gasteiger partial charge on any atom is -0.394 e. The lowest BCUT2D eigenvalue weighted by atomic mass is 10.0. The third-order valence-corrected chi connectivity index (χ3v) is 14.7. The summed E-state index contributed by atoms with van der Waals surface area (Å²) in [7, 11) is 0. The Bertz CT molecular complexity index is 1040. The normalized spacial score (nSPS) is 12.9. The van der Waals surface area contributed by atoms with E-state index in [0.29, 0.717) is 12.8 Å². The lowest BCUT2D eigenvalue weighted by Crippen LogP contribution is -2.45. The summed E-state index contributed by atoms with van der Waals surface area (Å²) >= 11 is 0. The molecule has 0 radical (unpaired) electrons. The second-order valence-electron chi connectivity index (χ2n) is 21.5. The summed E-state index contributed by atoms with van der Waals surface area (Å²) in [6.45, 7) is 4.38. The summed E-state index contributed by atoms with van der Waals surface area (Å²) in [6.07, 6.45) is 81.6. The summed E-state index contributed by atoms with van der Waals surface area (Å²) < 4.78 is 0. The lowest BCUT2D eigenvalue weighted by Gasteiger charge is -2.22. The molecule has 1 amide bonds. The van der Waals surface area contributed by atoms with Gasteiger partial charge in [-0.1, -0.05) is 326 Å².